The summed E-state index contributed by atoms with van der Waals surface area (Å²) >= 11 is 5.99. The zero-order valence-electron chi connectivity index (χ0n) is 10.2. The summed E-state index contributed by atoms with van der Waals surface area (Å²) in [6.07, 6.45) is 3.30. The van der Waals surface area contributed by atoms with E-state index in [9.17, 15) is 0 Å². The van der Waals surface area contributed by atoms with Crippen LogP contribution in [0.4, 0.5) is 5.82 Å². The van der Waals surface area contributed by atoms with Crippen LogP contribution >= 0.6 is 11.6 Å². The predicted molar refractivity (Wildman–Crippen MR) is 68.6 cm³/mol. The van der Waals surface area contributed by atoms with Crippen molar-refractivity contribution in [3.8, 4) is 0 Å². The first-order chi connectivity index (χ1) is 8.19. The highest BCUT2D eigenvalue weighted by molar-refractivity contribution is 6.29. The Labute approximate surface area is 107 Å². The number of methoxy groups -OCH3 is 1. The second-order valence-corrected chi connectivity index (χ2v) is 4.92. The zero-order chi connectivity index (χ0) is 12.3. The average molecular weight is 256 g/mol. The molecule has 1 aliphatic carbocycles. The minimum absolute atomic E-state index is 0.313. The highest BCUT2D eigenvalue weighted by atomic mass is 35.5. The van der Waals surface area contributed by atoms with Gasteiger partial charge in [0.25, 0.3) is 0 Å². The molecule has 0 amide bonds. The van der Waals surface area contributed by atoms with E-state index in [-0.39, 0.29) is 0 Å². The van der Waals surface area contributed by atoms with Gasteiger partial charge in [0.05, 0.1) is 0 Å². The van der Waals surface area contributed by atoms with Crippen molar-refractivity contribution in [2.75, 3.05) is 19.0 Å². The van der Waals surface area contributed by atoms with Crippen molar-refractivity contribution in [3.05, 3.63) is 17.0 Å². The molecule has 1 aromatic rings. The first-order valence-corrected chi connectivity index (χ1v) is 6.37. The summed E-state index contributed by atoms with van der Waals surface area (Å²) in [5, 5.41) is 3.84. The van der Waals surface area contributed by atoms with Gasteiger partial charge in [-0.25, -0.2) is 9.97 Å². The molecule has 0 aliphatic heterocycles. The average Bonchev–Trinajstić information content (AvgIpc) is 3.09. The number of nitrogens with one attached hydrogen (secondary N) is 1. The van der Waals surface area contributed by atoms with E-state index in [4.69, 9.17) is 16.3 Å². The van der Waals surface area contributed by atoms with Crippen LogP contribution in [0.1, 0.15) is 37.9 Å². The van der Waals surface area contributed by atoms with E-state index in [1.165, 1.54) is 12.8 Å². The monoisotopic (exact) mass is 255 g/mol. The Balaban J connectivity index is 1.99. The SMILES string of the molecule is COCCC(C)Nc1cc(Cl)nc(C2CC2)n1. The fourth-order valence-corrected chi connectivity index (χ4v) is 1.84. The van der Waals surface area contributed by atoms with Crippen molar-refractivity contribution in [1.82, 2.24) is 9.97 Å². The van der Waals surface area contributed by atoms with Gasteiger partial charge in [-0.05, 0) is 26.2 Å². The van der Waals surface area contributed by atoms with Crippen LogP contribution in [-0.4, -0.2) is 29.7 Å². The number of ether oxygens (including phenoxy) is 1. The molecule has 0 radical (unpaired) electrons. The van der Waals surface area contributed by atoms with Crippen molar-refractivity contribution >= 4 is 17.4 Å². The first-order valence-electron chi connectivity index (χ1n) is 5.99. The van der Waals surface area contributed by atoms with Gasteiger partial charge >= 0.3 is 0 Å². The van der Waals surface area contributed by atoms with Crippen LogP contribution in [0.2, 0.25) is 5.15 Å². The maximum Gasteiger partial charge on any atom is 0.135 e. The number of rotatable bonds is 6. The third-order valence-corrected chi connectivity index (χ3v) is 3.00. The zero-order valence-corrected chi connectivity index (χ0v) is 11.0. The molecule has 0 bridgehead atoms. The van der Waals surface area contributed by atoms with E-state index in [0.29, 0.717) is 17.1 Å². The Morgan fingerprint density at radius 3 is 2.94 bits per heavy atom. The summed E-state index contributed by atoms with van der Waals surface area (Å²) in [7, 11) is 1.71. The van der Waals surface area contributed by atoms with Crippen molar-refractivity contribution in [3.63, 3.8) is 0 Å². The van der Waals surface area contributed by atoms with Gasteiger partial charge in [-0.15, -0.1) is 0 Å². The van der Waals surface area contributed by atoms with Crippen molar-refractivity contribution in [2.45, 2.75) is 38.1 Å². The summed E-state index contributed by atoms with van der Waals surface area (Å²) in [6, 6.07) is 2.09. The molecule has 17 heavy (non-hydrogen) atoms. The highest BCUT2D eigenvalue weighted by Gasteiger charge is 2.27. The maximum atomic E-state index is 5.99. The number of nitrogens with zero attached hydrogens (tertiary/aromatic N) is 2. The van der Waals surface area contributed by atoms with E-state index < -0.39 is 0 Å². The standard InChI is InChI=1S/C12H18ClN3O/c1-8(5-6-17-2)14-11-7-10(13)15-12(16-11)9-3-4-9/h7-9H,3-6H2,1-2H3,(H,14,15,16). The van der Waals surface area contributed by atoms with Gasteiger partial charge in [-0.3, -0.25) is 0 Å². The van der Waals surface area contributed by atoms with E-state index in [0.717, 1.165) is 24.7 Å². The van der Waals surface area contributed by atoms with E-state index in [2.05, 4.69) is 22.2 Å². The van der Waals surface area contributed by atoms with Gasteiger partial charge in [0.2, 0.25) is 0 Å². The molecule has 0 spiro atoms. The second-order valence-electron chi connectivity index (χ2n) is 4.54. The topological polar surface area (TPSA) is 47.0 Å². The molecule has 1 atom stereocenters. The van der Waals surface area contributed by atoms with E-state index in [1.807, 2.05) is 0 Å². The highest BCUT2D eigenvalue weighted by Crippen LogP contribution is 2.38. The number of hydrogen-bond donors (Lipinski definition) is 1. The first kappa shape index (κ1) is 12.6. The van der Waals surface area contributed by atoms with Crippen molar-refractivity contribution in [1.29, 1.82) is 0 Å². The maximum absolute atomic E-state index is 5.99. The smallest absolute Gasteiger partial charge is 0.135 e. The molecule has 5 heteroatoms. The van der Waals surface area contributed by atoms with Crippen LogP contribution < -0.4 is 5.32 Å². The van der Waals surface area contributed by atoms with Gasteiger partial charge in [0.1, 0.15) is 16.8 Å². The molecule has 1 saturated carbocycles. The molecule has 4 nitrogen and oxygen atoms in total. The molecule has 94 valence electrons. The number of aromatic nitrogens is 2. The van der Waals surface area contributed by atoms with Crippen molar-refractivity contribution in [2.24, 2.45) is 0 Å². The number of anilines is 1. The Bertz CT molecular complexity index is 382. The molecular weight excluding hydrogens is 238 g/mol. The summed E-state index contributed by atoms with van der Waals surface area (Å²) in [4.78, 5) is 8.75. The fraction of sp³-hybridized carbons (Fsp3) is 0.667. The third-order valence-electron chi connectivity index (χ3n) is 2.80. The van der Waals surface area contributed by atoms with Crippen LogP contribution in [0.25, 0.3) is 0 Å². The second kappa shape index (κ2) is 5.65. The Kier molecular flexibility index (Phi) is 4.18. The van der Waals surface area contributed by atoms with Gasteiger partial charge in [0.15, 0.2) is 0 Å². The van der Waals surface area contributed by atoms with Crippen molar-refractivity contribution < 1.29 is 4.74 Å². The van der Waals surface area contributed by atoms with E-state index in [1.54, 1.807) is 13.2 Å². The minimum Gasteiger partial charge on any atom is -0.385 e. The van der Waals surface area contributed by atoms with Gasteiger partial charge in [-0.2, -0.15) is 0 Å². The van der Waals surface area contributed by atoms with Crippen LogP contribution in [0.3, 0.4) is 0 Å². The molecule has 1 aromatic heterocycles. The molecule has 0 aromatic carbocycles. The Hall–Kier alpha value is -0.870. The summed E-state index contributed by atoms with van der Waals surface area (Å²) in [6.45, 7) is 2.84. The molecule has 2 rings (SSSR count). The van der Waals surface area contributed by atoms with Crippen LogP contribution in [0.5, 0.6) is 0 Å². The van der Waals surface area contributed by atoms with Crippen LogP contribution in [0, 0.1) is 0 Å². The molecule has 1 fully saturated rings. The third kappa shape index (κ3) is 3.82. The lowest BCUT2D eigenvalue weighted by atomic mass is 10.2. The molecule has 0 saturated heterocycles. The van der Waals surface area contributed by atoms with Gasteiger partial charge < -0.3 is 10.1 Å². The van der Waals surface area contributed by atoms with Crippen LogP contribution in [0.15, 0.2) is 6.07 Å². The molecule has 1 aliphatic rings. The van der Waals surface area contributed by atoms with Gasteiger partial charge in [-0.1, -0.05) is 11.6 Å². The number of halogens is 1. The summed E-state index contributed by atoms with van der Waals surface area (Å²) in [5.41, 5.74) is 0. The quantitative estimate of drug-likeness (QED) is 0.794. The number of hydrogen-bond acceptors (Lipinski definition) is 4. The lowest BCUT2D eigenvalue weighted by Crippen LogP contribution is -2.18. The predicted octanol–water partition coefficient (Wildman–Crippen LogP) is 2.84. The molecule has 1 heterocycles. The van der Waals surface area contributed by atoms with Crippen LogP contribution in [-0.2, 0) is 4.74 Å². The Morgan fingerprint density at radius 1 is 1.53 bits per heavy atom. The van der Waals surface area contributed by atoms with E-state index >= 15 is 0 Å². The molecular formula is C12H18ClN3O. The lowest BCUT2D eigenvalue weighted by molar-refractivity contribution is 0.191. The molecule has 1 unspecified atom stereocenters. The summed E-state index contributed by atoms with van der Waals surface area (Å²) < 4.78 is 5.05. The summed E-state index contributed by atoms with van der Waals surface area (Å²) in [5.74, 6) is 2.21. The largest absolute Gasteiger partial charge is 0.385 e. The Morgan fingerprint density at radius 2 is 2.29 bits per heavy atom. The minimum atomic E-state index is 0.313. The molecule has 1 N–H and O–H groups in total. The fourth-order valence-electron chi connectivity index (χ4n) is 1.65. The lowest BCUT2D eigenvalue weighted by Gasteiger charge is -2.14. The normalized spacial score (nSPS) is 16.9. The van der Waals surface area contributed by atoms with Gasteiger partial charge in [0, 0.05) is 31.7 Å².